The maximum absolute atomic E-state index is 4.94. The molecule has 14 aromatic heterocycles. The molecule has 30 heteroatoms. The number of H-pyrrole nitrogens is 2. The molecule has 4 fully saturated rings. The van der Waals surface area contributed by atoms with Gasteiger partial charge in [-0.1, -0.05) is 68.0 Å². The van der Waals surface area contributed by atoms with Gasteiger partial charge in [-0.25, -0.2) is 34.9 Å². The van der Waals surface area contributed by atoms with Crippen LogP contribution in [0.1, 0.15) is 86.0 Å². The molecule has 0 aromatic carbocycles. The van der Waals surface area contributed by atoms with Gasteiger partial charge in [-0.2, -0.15) is 15.3 Å². The molecule has 1 unspecified atom stereocenters. The molecule has 4 aliphatic heterocycles. The zero-order chi connectivity index (χ0) is 66.4. The lowest BCUT2D eigenvalue weighted by atomic mass is 9.84. The number of pyridine rings is 2. The predicted molar refractivity (Wildman–Crippen MR) is 397 cm³/mol. The molecule has 7 atom stereocenters. The molecule has 0 radical (unpaired) electrons. The number of hydrogen-bond acceptors (Lipinski definition) is 25. The van der Waals surface area contributed by atoms with E-state index in [1.807, 2.05) is 68.4 Å². The maximum atomic E-state index is 4.94. The van der Waals surface area contributed by atoms with Crippen molar-refractivity contribution >= 4 is 134 Å². The molecule has 0 aliphatic carbocycles. The third-order valence-electron chi connectivity index (χ3n) is 19.6. The van der Waals surface area contributed by atoms with Gasteiger partial charge in [-0.05, 0) is 111 Å². The van der Waals surface area contributed by atoms with E-state index in [1.54, 1.807) is 96.0 Å². The number of nitrogens with zero attached hydrogens (tertiary/aromatic N) is 19. The summed E-state index contributed by atoms with van der Waals surface area (Å²) in [4.78, 5) is 67.9. The smallest absolute Gasteiger partial charge is 0.188 e. The highest BCUT2D eigenvalue weighted by molar-refractivity contribution is 7.31. The first-order valence-corrected chi connectivity index (χ1v) is 37.9. The van der Waals surface area contributed by atoms with Crippen molar-refractivity contribution in [2.24, 2.45) is 14.1 Å². The Morgan fingerprint density at radius 3 is 1.40 bits per heavy atom. The van der Waals surface area contributed by atoms with Crippen LogP contribution in [0, 0.1) is 0 Å². The Bertz CT molecular complexity index is 5020. The fourth-order valence-electron chi connectivity index (χ4n) is 14.4. The van der Waals surface area contributed by atoms with E-state index in [1.165, 1.54) is 12.8 Å². The number of aromatic nitrogens is 18. The van der Waals surface area contributed by atoms with Crippen molar-refractivity contribution in [3.63, 3.8) is 0 Å². The van der Waals surface area contributed by atoms with E-state index in [0.717, 1.165) is 190 Å². The number of aryl methyl sites for hydroxylation is 3. The van der Waals surface area contributed by atoms with Crippen molar-refractivity contribution < 1.29 is 0 Å². The van der Waals surface area contributed by atoms with E-state index >= 15 is 0 Å². The van der Waals surface area contributed by atoms with E-state index in [-0.39, 0.29) is 11.1 Å². The first kappa shape index (κ1) is 63.7. The molecule has 500 valence electrons. The average Bonchev–Trinajstić information content (AvgIpc) is 1.64. The van der Waals surface area contributed by atoms with Crippen molar-refractivity contribution in [3.05, 3.63) is 86.5 Å². The summed E-state index contributed by atoms with van der Waals surface area (Å²) in [6.45, 7) is 14.3. The Labute approximate surface area is 584 Å². The summed E-state index contributed by atoms with van der Waals surface area (Å²) in [6.07, 6.45) is 32.3. The van der Waals surface area contributed by atoms with Gasteiger partial charge in [-0.15, -0.1) is 0 Å². The molecule has 18 rings (SSSR count). The number of anilines is 3. The van der Waals surface area contributed by atoms with Gasteiger partial charge in [0.05, 0.1) is 47.7 Å². The van der Waals surface area contributed by atoms with Crippen LogP contribution in [0.4, 0.5) is 15.4 Å². The molecular formula is C67H76N24S6. The summed E-state index contributed by atoms with van der Waals surface area (Å²) < 4.78 is 5.50. The van der Waals surface area contributed by atoms with Gasteiger partial charge in [0.2, 0.25) is 0 Å². The largest absolute Gasteiger partial charge is 0.359 e. The highest BCUT2D eigenvalue weighted by Gasteiger charge is 2.50. The van der Waals surface area contributed by atoms with Crippen molar-refractivity contribution in [2.75, 3.05) is 48.9 Å². The zero-order valence-corrected chi connectivity index (χ0v) is 60.6. The van der Waals surface area contributed by atoms with Crippen LogP contribution >= 0.6 is 68.0 Å². The van der Waals surface area contributed by atoms with E-state index < -0.39 is 0 Å². The minimum Gasteiger partial charge on any atom is -0.359 e. The molecule has 5 N–H and O–H groups in total. The van der Waals surface area contributed by atoms with Crippen LogP contribution in [0.15, 0.2) is 86.5 Å². The topological polar surface area (TPSA) is 260 Å². The first-order chi connectivity index (χ1) is 47.0. The van der Waals surface area contributed by atoms with Gasteiger partial charge in [0, 0.05) is 165 Å². The van der Waals surface area contributed by atoms with Gasteiger partial charge in [0.15, 0.2) is 44.4 Å². The van der Waals surface area contributed by atoms with Crippen LogP contribution in [-0.2, 0) is 20.6 Å². The van der Waals surface area contributed by atoms with E-state index in [9.17, 15) is 0 Å². The van der Waals surface area contributed by atoms with Crippen LogP contribution in [0.2, 0.25) is 0 Å². The number of fused-ring (bicyclic) bond motifs is 7. The summed E-state index contributed by atoms with van der Waals surface area (Å²) in [7, 11) is 10.3. The lowest BCUT2D eigenvalue weighted by molar-refractivity contribution is 0.208. The number of aromatic amines is 2. The van der Waals surface area contributed by atoms with Crippen LogP contribution in [0.25, 0.3) is 116 Å². The fraction of sp³-hybridized carbons (Fsp3) is 0.418. The van der Waals surface area contributed by atoms with Crippen molar-refractivity contribution in [3.8, 4) is 65.6 Å². The monoisotopic (exact) mass is 1410 g/mol. The van der Waals surface area contributed by atoms with E-state index in [2.05, 4.69) is 140 Å². The normalized spacial score (nSPS) is 21.8. The number of hydrogen-bond donors (Lipinski definition) is 5. The minimum atomic E-state index is 0.243. The second-order valence-electron chi connectivity index (χ2n) is 26.8. The minimum absolute atomic E-state index is 0.243. The van der Waals surface area contributed by atoms with Crippen LogP contribution in [0.3, 0.4) is 0 Å². The van der Waals surface area contributed by atoms with Gasteiger partial charge in [-0.3, -0.25) is 29.0 Å². The molecule has 0 spiro atoms. The molecule has 4 aliphatic rings. The summed E-state index contributed by atoms with van der Waals surface area (Å²) in [6, 6.07) is 6.82. The van der Waals surface area contributed by atoms with Crippen molar-refractivity contribution in [1.82, 2.24) is 105 Å². The summed E-state index contributed by atoms with van der Waals surface area (Å²) in [5.74, 6) is 0. The Kier molecular flexibility index (Phi) is 16.8. The Balaban J connectivity index is 0.000000114. The molecule has 24 nitrogen and oxygen atoms in total. The van der Waals surface area contributed by atoms with Crippen LogP contribution in [0.5, 0.6) is 0 Å². The summed E-state index contributed by atoms with van der Waals surface area (Å²) in [5.41, 5.74) is 11.0. The molecule has 14 aromatic rings. The van der Waals surface area contributed by atoms with Crippen molar-refractivity contribution in [2.45, 2.75) is 134 Å². The van der Waals surface area contributed by atoms with Gasteiger partial charge < -0.3 is 40.6 Å². The lowest BCUT2D eigenvalue weighted by Gasteiger charge is -2.45. The standard InChI is InChI=1S/C23H26N8S2.C22H26N8S2.C22H24N8S2/c1-4-31-12-14(10-27-31)17-11-26-19(18-16(17)6-8-25-18)20-28-21-22(32-20)29-23(33-21)30(3)15-5-7-24-13(2)9-15;1-21-5-6-22(2,28-21)8-14(7-21)30(4)20-27-19-18(32-20)26-17(31-19)16-11-23-15(10-24-16)13-9-25-29(3)12-13;1-12-8-14(4-6-23-12)30(3)22-28-21-20(32-22)27-19(31-21)18-17-15(5-7-24-17)16(10-25-18)13-9-26-29(2)11-13/h6,8,10-13,15,24-25H,4-5,7,9H2,1-3H3;9-12,14,28H,5-8H2,1-4H3;5,7,9-12,14,23-24H,4,6,8H2,1-3H3/t13-,15+;14?,21-,22+;12-,14+/m1.1/s1. The van der Waals surface area contributed by atoms with Gasteiger partial charge >= 0.3 is 0 Å². The molecule has 0 amide bonds. The zero-order valence-electron chi connectivity index (χ0n) is 55.7. The second-order valence-corrected chi connectivity index (χ2v) is 32.6. The molecule has 2 bridgehead atoms. The summed E-state index contributed by atoms with van der Waals surface area (Å²) >= 11 is 9.82. The molecular weight excluding hydrogens is 1330 g/mol. The summed E-state index contributed by atoms with van der Waals surface area (Å²) in [5, 5.41) is 31.9. The Hall–Kier alpha value is -8.07. The Morgan fingerprint density at radius 2 is 0.948 bits per heavy atom. The highest BCUT2D eigenvalue weighted by Crippen LogP contribution is 2.47. The third-order valence-corrected chi connectivity index (χ3v) is 26.0. The fourth-order valence-corrected chi connectivity index (χ4v) is 20.6. The van der Waals surface area contributed by atoms with E-state index in [4.69, 9.17) is 39.9 Å². The molecule has 0 saturated carbocycles. The number of rotatable bonds is 13. The number of thiazole rings is 6. The number of piperidine rings is 3. The molecule has 4 saturated heterocycles. The SMILES string of the molecule is CCn1cc(-c2cnc(-c3nc4sc(N(C)[C@H]5CCN[C@H](C)C5)nc4s3)c3[nH]ccc23)cn1.CN(c1nc2sc(-c3cnc(-c4cnn(C)c4)cn3)nc2s1)C1C[C@]2(C)CC[C@](C)(C1)N2.C[C@@H]1C[C@@H](N(C)c2nc3sc(-c4ncc(-c5cnn(C)c5)c5cc[nH]c45)nc3s2)CCN1. The molecule has 97 heavy (non-hydrogen) atoms. The third kappa shape index (κ3) is 12.5. The highest BCUT2D eigenvalue weighted by atomic mass is 32.1. The lowest BCUT2D eigenvalue weighted by Crippen LogP contribution is -2.58. The quantitative estimate of drug-likeness (QED) is 0.0718. The Morgan fingerprint density at radius 1 is 0.505 bits per heavy atom. The van der Waals surface area contributed by atoms with Crippen LogP contribution < -0.4 is 30.7 Å². The van der Waals surface area contributed by atoms with Crippen molar-refractivity contribution in [1.29, 1.82) is 0 Å². The van der Waals surface area contributed by atoms with Gasteiger partial charge in [0.1, 0.15) is 32.1 Å². The van der Waals surface area contributed by atoms with Crippen LogP contribution in [-0.4, -0.2) is 165 Å². The maximum Gasteiger partial charge on any atom is 0.188 e. The predicted octanol–water partition coefficient (Wildman–Crippen LogP) is 13.1. The van der Waals surface area contributed by atoms with E-state index in [0.29, 0.717) is 30.2 Å². The number of nitrogens with one attached hydrogen (secondary N) is 5. The second kappa shape index (κ2) is 25.7. The first-order valence-electron chi connectivity index (χ1n) is 33.0. The molecule has 18 heterocycles. The van der Waals surface area contributed by atoms with Gasteiger partial charge in [0.25, 0.3) is 0 Å². The average molecular weight is 1410 g/mol.